The zero-order valence-electron chi connectivity index (χ0n) is 11.4. The molecule has 2 rings (SSSR count). The summed E-state index contributed by atoms with van der Waals surface area (Å²) in [6.07, 6.45) is 4.32. The molecule has 1 aliphatic carbocycles. The predicted molar refractivity (Wildman–Crippen MR) is 70.0 cm³/mol. The molecule has 1 aliphatic rings. The second kappa shape index (κ2) is 6.36. The highest BCUT2D eigenvalue weighted by Gasteiger charge is 2.33. The maximum absolute atomic E-state index is 11.7. The van der Waals surface area contributed by atoms with E-state index in [2.05, 4.69) is 20.7 Å². The molecule has 20 heavy (non-hydrogen) atoms. The number of aromatic nitrogens is 3. The zero-order chi connectivity index (χ0) is 14.5. The Morgan fingerprint density at radius 3 is 2.95 bits per heavy atom. The number of amides is 2. The highest BCUT2D eigenvalue weighted by molar-refractivity contribution is 5.77. The van der Waals surface area contributed by atoms with E-state index < -0.39 is 11.9 Å². The average molecular weight is 281 g/mol. The van der Waals surface area contributed by atoms with E-state index in [4.69, 9.17) is 5.11 Å². The largest absolute Gasteiger partial charge is 0.481 e. The lowest BCUT2D eigenvalue weighted by molar-refractivity contribution is -0.142. The second-order valence-electron chi connectivity index (χ2n) is 4.97. The van der Waals surface area contributed by atoms with Crippen molar-refractivity contribution in [3.05, 3.63) is 12.2 Å². The molecule has 0 saturated heterocycles. The summed E-state index contributed by atoms with van der Waals surface area (Å²) in [6.45, 7) is 0.417. The molecule has 110 valence electrons. The summed E-state index contributed by atoms with van der Waals surface area (Å²) in [5.41, 5.74) is 0. The van der Waals surface area contributed by atoms with Crippen LogP contribution >= 0.6 is 0 Å². The van der Waals surface area contributed by atoms with Crippen LogP contribution in [-0.2, 0) is 18.3 Å². The third-order valence-corrected chi connectivity index (χ3v) is 3.43. The molecule has 8 heteroatoms. The van der Waals surface area contributed by atoms with Crippen LogP contribution in [0.15, 0.2) is 6.33 Å². The first kappa shape index (κ1) is 14.3. The molecule has 1 fully saturated rings. The van der Waals surface area contributed by atoms with Gasteiger partial charge in [-0.05, 0) is 12.8 Å². The molecule has 2 atom stereocenters. The molecule has 1 aromatic heterocycles. The van der Waals surface area contributed by atoms with Crippen LogP contribution in [0.4, 0.5) is 4.79 Å². The van der Waals surface area contributed by atoms with E-state index in [1.807, 2.05) is 0 Å². The summed E-state index contributed by atoms with van der Waals surface area (Å²) in [5, 5.41) is 18.6. The number of hydrogen-bond acceptors (Lipinski definition) is 4. The number of aryl methyl sites for hydroxylation is 1. The monoisotopic (exact) mass is 281 g/mol. The van der Waals surface area contributed by atoms with Gasteiger partial charge in [-0.3, -0.25) is 9.48 Å². The average Bonchev–Trinajstić information content (AvgIpc) is 2.98. The van der Waals surface area contributed by atoms with Crippen LogP contribution in [0, 0.1) is 5.92 Å². The van der Waals surface area contributed by atoms with E-state index >= 15 is 0 Å². The van der Waals surface area contributed by atoms with Crippen LogP contribution < -0.4 is 10.6 Å². The summed E-state index contributed by atoms with van der Waals surface area (Å²) < 4.78 is 1.60. The Bertz CT molecular complexity index is 487. The lowest BCUT2D eigenvalue weighted by Gasteiger charge is -2.17. The van der Waals surface area contributed by atoms with Gasteiger partial charge < -0.3 is 15.7 Å². The SMILES string of the molecule is Cn1cnc(CCNC(=O)NC2CCCC2C(=O)O)n1. The number of hydrogen-bond donors (Lipinski definition) is 3. The van der Waals surface area contributed by atoms with Gasteiger partial charge in [0.15, 0.2) is 5.82 Å². The fourth-order valence-corrected chi connectivity index (χ4v) is 2.43. The molecule has 0 bridgehead atoms. The fraction of sp³-hybridized carbons (Fsp3) is 0.667. The number of aliphatic carboxylic acids is 1. The normalized spacial score (nSPS) is 21.6. The van der Waals surface area contributed by atoms with Crippen molar-refractivity contribution in [3.63, 3.8) is 0 Å². The van der Waals surface area contributed by atoms with Crippen molar-refractivity contribution in [2.75, 3.05) is 6.54 Å². The number of urea groups is 1. The first-order valence-electron chi connectivity index (χ1n) is 6.68. The number of carbonyl (C=O) groups excluding carboxylic acids is 1. The Balaban J connectivity index is 1.71. The molecule has 1 heterocycles. The molecule has 8 nitrogen and oxygen atoms in total. The number of carbonyl (C=O) groups is 2. The first-order chi connectivity index (χ1) is 9.56. The van der Waals surface area contributed by atoms with Gasteiger partial charge in [-0.25, -0.2) is 9.78 Å². The molecule has 0 spiro atoms. The van der Waals surface area contributed by atoms with E-state index in [1.54, 1.807) is 18.1 Å². The smallest absolute Gasteiger partial charge is 0.315 e. The topological polar surface area (TPSA) is 109 Å². The van der Waals surface area contributed by atoms with Gasteiger partial charge >= 0.3 is 12.0 Å². The highest BCUT2D eigenvalue weighted by atomic mass is 16.4. The minimum Gasteiger partial charge on any atom is -0.481 e. The third kappa shape index (κ3) is 3.69. The Morgan fingerprint density at radius 2 is 2.30 bits per heavy atom. The lowest BCUT2D eigenvalue weighted by Crippen LogP contribution is -2.45. The van der Waals surface area contributed by atoms with Gasteiger partial charge in [-0.1, -0.05) is 6.42 Å². The highest BCUT2D eigenvalue weighted by Crippen LogP contribution is 2.25. The van der Waals surface area contributed by atoms with Crippen LogP contribution in [0.5, 0.6) is 0 Å². The van der Waals surface area contributed by atoms with E-state index in [0.29, 0.717) is 31.6 Å². The molecular formula is C12H19N5O3. The quantitative estimate of drug-likeness (QED) is 0.699. The minimum atomic E-state index is -0.842. The molecule has 0 aromatic carbocycles. The van der Waals surface area contributed by atoms with Crippen LogP contribution in [-0.4, -0.2) is 44.5 Å². The summed E-state index contributed by atoms with van der Waals surface area (Å²) in [6, 6.07) is -0.612. The number of nitrogens with one attached hydrogen (secondary N) is 2. The van der Waals surface area contributed by atoms with Gasteiger partial charge in [-0.2, -0.15) is 5.10 Å². The Labute approximate surface area is 116 Å². The standard InChI is InChI=1S/C12H19N5O3/c1-17-7-14-10(16-17)5-6-13-12(20)15-9-4-2-3-8(9)11(18)19/h7-9H,2-6H2,1H3,(H,18,19)(H2,13,15,20). The Morgan fingerprint density at radius 1 is 1.50 bits per heavy atom. The summed E-state index contributed by atoms with van der Waals surface area (Å²) in [7, 11) is 1.78. The number of carboxylic acid groups (broad SMARTS) is 1. The maximum atomic E-state index is 11.7. The molecule has 1 aromatic rings. The van der Waals surface area contributed by atoms with E-state index in [0.717, 1.165) is 6.42 Å². The molecular weight excluding hydrogens is 262 g/mol. The summed E-state index contributed by atoms with van der Waals surface area (Å²) in [5.74, 6) is -0.652. The van der Waals surface area contributed by atoms with Gasteiger partial charge in [0.25, 0.3) is 0 Å². The zero-order valence-corrected chi connectivity index (χ0v) is 11.4. The van der Waals surface area contributed by atoms with Crippen molar-refractivity contribution in [2.45, 2.75) is 31.7 Å². The number of nitrogens with zero attached hydrogens (tertiary/aromatic N) is 3. The predicted octanol–water partition coefficient (Wildman–Crippen LogP) is -0.0899. The van der Waals surface area contributed by atoms with Crippen LogP contribution in [0.1, 0.15) is 25.1 Å². The fourth-order valence-electron chi connectivity index (χ4n) is 2.43. The van der Waals surface area contributed by atoms with Crippen molar-refractivity contribution >= 4 is 12.0 Å². The van der Waals surface area contributed by atoms with Crippen molar-refractivity contribution in [1.29, 1.82) is 0 Å². The van der Waals surface area contributed by atoms with Crippen molar-refractivity contribution in [2.24, 2.45) is 13.0 Å². The minimum absolute atomic E-state index is 0.277. The second-order valence-corrected chi connectivity index (χ2v) is 4.97. The van der Waals surface area contributed by atoms with Gasteiger partial charge in [0.2, 0.25) is 0 Å². The molecule has 2 amide bonds. The van der Waals surface area contributed by atoms with Crippen LogP contribution in [0.25, 0.3) is 0 Å². The molecule has 0 radical (unpaired) electrons. The van der Waals surface area contributed by atoms with Crippen LogP contribution in [0.2, 0.25) is 0 Å². The molecule has 1 saturated carbocycles. The van der Waals surface area contributed by atoms with E-state index in [1.165, 1.54) is 0 Å². The van der Waals surface area contributed by atoms with Gasteiger partial charge in [0.05, 0.1) is 5.92 Å². The summed E-state index contributed by atoms with van der Waals surface area (Å²) >= 11 is 0. The Kier molecular flexibility index (Phi) is 4.54. The molecule has 2 unspecified atom stereocenters. The number of carboxylic acids is 1. The summed E-state index contributed by atoms with van der Waals surface area (Å²) in [4.78, 5) is 26.8. The van der Waals surface area contributed by atoms with E-state index in [-0.39, 0.29) is 12.1 Å². The maximum Gasteiger partial charge on any atom is 0.315 e. The third-order valence-electron chi connectivity index (χ3n) is 3.43. The lowest BCUT2D eigenvalue weighted by atomic mass is 10.0. The van der Waals surface area contributed by atoms with E-state index in [9.17, 15) is 9.59 Å². The molecule has 0 aliphatic heterocycles. The Hall–Kier alpha value is -2.12. The number of rotatable bonds is 5. The van der Waals surface area contributed by atoms with Crippen molar-refractivity contribution in [3.8, 4) is 0 Å². The van der Waals surface area contributed by atoms with Crippen molar-refractivity contribution < 1.29 is 14.7 Å². The van der Waals surface area contributed by atoms with Gasteiger partial charge in [-0.15, -0.1) is 0 Å². The first-order valence-corrected chi connectivity index (χ1v) is 6.68. The van der Waals surface area contributed by atoms with Crippen molar-refractivity contribution in [1.82, 2.24) is 25.4 Å². The van der Waals surface area contributed by atoms with Crippen LogP contribution in [0.3, 0.4) is 0 Å². The van der Waals surface area contributed by atoms with Gasteiger partial charge in [0.1, 0.15) is 6.33 Å². The molecule has 3 N–H and O–H groups in total. The van der Waals surface area contributed by atoms with Gasteiger partial charge in [0, 0.05) is 26.1 Å².